The third-order valence-electron chi connectivity index (χ3n) is 1.93. The molecule has 0 heterocycles. The first-order chi connectivity index (χ1) is 7.45. The Morgan fingerprint density at radius 2 is 1.75 bits per heavy atom. The maximum atomic E-state index is 10.8. The lowest BCUT2D eigenvalue weighted by Gasteiger charge is -2.04. The zero-order valence-electron chi connectivity index (χ0n) is 9.88. The predicted molar refractivity (Wildman–Crippen MR) is 63.6 cm³/mol. The van der Waals surface area contributed by atoms with Crippen LogP contribution in [0.3, 0.4) is 0 Å². The molecule has 0 aliphatic rings. The van der Waals surface area contributed by atoms with Crippen LogP contribution in [0, 0.1) is 0 Å². The van der Waals surface area contributed by atoms with Crippen molar-refractivity contribution >= 4 is 15.9 Å². The first kappa shape index (κ1) is 15.3. The SMILES string of the molecule is CNC(=O)CCCNCCCNS(C)(=O)=O. The molecule has 3 N–H and O–H groups in total. The van der Waals surface area contributed by atoms with Gasteiger partial charge in [-0.3, -0.25) is 4.79 Å². The molecule has 96 valence electrons. The van der Waals surface area contributed by atoms with Crippen molar-refractivity contribution in [1.29, 1.82) is 0 Å². The highest BCUT2D eigenvalue weighted by atomic mass is 32.2. The first-order valence-corrected chi connectivity index (χ1v) is 7.21. The fourth-order valence-electron chi connectivity index (χ4n) is 1.09. The maximum absolute atomic E-state index is 10.8. The lowest BCUT2D eigenvalue weighted by molar-refractivity contribution is -0.120. The average molecular weight is 251 g/mol. The minimum atomic E-state index is -3.07. The molecule has 0 aromatic rings. The number of carbonyl (C=O) groups excluding carboxylic acids is 1. The van der Waals surface area contributed by atoms with E-state index in [1.54, 1.807) is 7.05 Å². The molecule has 0 fully saturated rings. The van der Waals surface area contributed by atoms with Crippen LogP contribution in [0.25, 0.3) is 0 Å². The highest BCUT2D eigenvalue weighted by molar-refractivity contribution is 7.88. The Hall–Kier alpha value is -0.660. The molecule has 0 atom stereocenters. The third kappa shape index (κ3) is 11.4. The van der Waals surface area contributed by atoms with Gasteiger partial charge in [0.1, 0.15) is 0 Å². The van der Waals surface area contributed by atoms with E-state index >= 15 is 0 Å². The molecule has 0 spiro atoms. The van der Waals surface area contributed by atoms with Crippen LogP contribution in [0.15, 0.2) is 0 Å². The fourth-order valence-corrected chi connectivity index (χ4v) is 1.61. The fraction of sp³-hybridized carbons (Fsp3) is 0.889. The summed E-state index contributed by atoms with van der Waals surface area (Å²) >= 11 is 0. The Balaban J connectivity index is 3.19. The molecule has 0 saturated carbocycles. The molecule has 1 amide bonds. The summed E-state index contributed by atoms with van der Waals surface area (Å²) in [7, 11) is -1.45. The molecule has 0 rings (SSSR count). The second-order valence-corrected chi connectivity index (χ2v) is 5.38. The van der Waals surface area contributed by atoms with Gasteiger partial charge in [-0.05, 0) is 25.9 Å². The largest absolute Gasteiger partial charge is 0.359 e. The number of carbonyl (C=O) groups is 1. The van der Waals surface area contributed by atoms with Crippen molar-refractivity contribution in [2.75, 3.05) is 32.9 Å². The summed E-state index contributed by atoms with van der Waals surface area (Å²) in [5.41, 5.74) is 0. The molecule has 6 nitrogen and oxygen atoms in total. The van der Waals surface area contributed by atoms with Gasteiger partial charge in [0.25, 0.3) is 0 Å². The minimum Gasteiger partial charge on any atom is -0.359 e. The monoisotopic (exact) mass is 251 g/mol. The third-order valence-corrected chi connectivity index (χ3v) is 2.66. The number of amides is 1. The van der Waals surface area contributed by atoms with E-state index in [9.17, 15) is 13.2 Å². The van der Waals surface area contributed by atoms with Crippen molar-refractivity contribution < 1.29 is 13.2 Å². The molecule has 16 heavy (non-hydrogen) atoms. The molecule has 0 aliphatic heterocycles. The van der Waals surface area contributed by atoms with Gasteiger partial charge in [-0.2, -0.15) is 0 Å². The molecule has 0 aliphatic carbocycles. The van der Waals surface area contributed by atoms with Crippen molar-refractivity contribution in [2.45, 2.75) is 19.3 Å². The lowest BCUT2D eigenvalue weighted by atomic mass is 10.3. The van der Waals surface area contributed by atoms with Crippen LogP contribution in [-0.2, 0) is 14.8 Å². The standard InChI is InChI=1S/C9H21N3O3S/c1-10-9(13)5-3-6-11-7-4-8-12-16(2,14)15/h11-12H,3-8H2,1-2H3,(H,10,13). The van der Waals surface area contributed by atoms with Crippen molar-refractivity contribution in [3.63, 3.8) is 0 Å². The minimum absolute atomic E-state index is 0.0422. The molecule has 0 saturated heterocycles. The van der Waals surface area contributed by atoms with Crippen molar-refractivity contribution in [2.24, 2.45) is 0 Å². The van der Waals surface area contributed by atoms with Crippen LogP contribution >= 0.6 is 0 Å². The van der Waals surface area contributed by atoms with E-state index in [0.29, 0.717) is 13.0 Å². The number of nitrogens with one attached hydrogen (secondary N) is 3. The topological polar surface area (TPSA) is 87.3 Å². The van der Waals surface area contributed by atoms with Crippen molar-refractivity contribution in [3.05, 3.63) is 0 Å². The Labute approximate surface area is 97.2 Å². The summed E-state index contributed by atoms with van der Waals surface area (Å²) in [5.74, 6) is 0.0422. The normalized spacial score (nSPS) is 11.4. The number of rotatable bonds is 9. The van der Waals surface area contributed by atoms with Crippen LogP contribution in [0.1, 0.15) is 19.3 Å². The second-order valence-electron chi connectivity index (χ2n) is 3.55. The average Bonchev–Trinajstić information content (AvgIpc) is 2.20. The smallest absolute Gasteiger partial charge is 0.219 e. The van der Waals surface area contributed by atoms with Crippen LogP contribution in [-0.4, -0.2) is 47.3 Å². The van der Waals surface area contributed by atoms with E-state index < -0.39 is 10.0 Å². The van der Waals surface area contributed by atoms with Gasteiger partial charge in [-0.1, -0.05) is 0 Å². The molecule has 0 unspecified atom stereocenters. The zero-order chi connectivity index (χ0) is 12.4. The summed E-state index contributed by atoms with van der Waals surface area (Å²) in [4.78, 5) is 10.8. The van der Waals surface area contributed by atoms with Crippen LogP contribution < -0.4 is 15.4 Å². The Morgan fingerprint density at radius 1 is 1.12 bits per heavy atom. The van der Waals surface area contributed by atoms with E-state index in [2.05, 4.69) is 15.4 Å². The molecule has 0 aromatic carbocycles. The number of hydrogen-bond acceptors (Lipinski definition) is 4. The summed E-state index contributed by atoms with van der Waals surface area (Å²) in [6, 6.07) is 0. The van der Waals surface area contributed by atoms with Crippen LogP contribution in [0.4, 0.5) is 0 Å². The molecule has 0 bridgehead atoms. The first-order valence-electron chi connectivity index (χ1n) is 5.31. The highest BCUT2D eigenvalue weighted by Crippen LogP contribution is 1.86. The summed E-state index contributed by atoms with van der Waals surface area (Å²) in [5, 5.41) is 5.69. The van der Waals surface area contributed by atoms with E-state index in [-0.39, 0.29) is 5.91 Å². The Bertz CT molecular complexity index is 290. The summed E-state index contributed by atoms with van der Waals surface area (Å²) in [6.45, 7) is 1.96. The van der Waals surface area contributed by atoms with Crippen molar-refractivity contribution in [3.8, 4) is 0 Å². The Morgan fingerprint density at radius 3 is 2.31 bits per heavy atom. The van der Waals surface area contributed by atoms with Crippen LogP contribution in [0.2, 0.25) is 0 Å². The molecular weight excluding hydrogens is 230 g/mol. The van der Waals surface area contributed by atoms with E-state index in [4.69, 9.17) is 0 Å². The Kier molecular flexibility index (Phi) is 8.14. The van der Waals surface area contributed by atoms with Crippen LogP contribution in [0.5, 0.6) is 0 Å². The van der Waals surface area contributed by atoms with E-state index in [1.165, 1.54) is 0 Å². The van der Waals surface area contributed by atoms with Gasteiger partial charge in [0.2, 0.25) is 15.9 Å². The quantitative estimate of drug-likeness (QED) is 0.461. The number of sulfonamides is 1. The van der Waals surface area contributed by atoms with Gasteiger partial charge in [0.05, 0.1) is 6.26 Å². The molecular formula is C9H21N3O3S. The number of hydrogen-bond donors (Lipinski definition) is 3. The molecule has 0 radical (unpaired) electrons. The molecule has 7 heteroatoms. The summed E-state index contributed by atoms with van der Waals surface area (Å²) in [6.07, 6.45) is 3.20. The predicted octanol–water partition coefficient (Wildman–Crippen LogP) is -0.958. The van der Waals surface area contributed by atoms with Gasteiger partial charge < -0.3 is 10.6 Å². The zero-order valence-corrected chi connectivity index (χ0v) is 10.7. The second kappa shape index (κ2) is 8.49. The lowest BCUT2D eigenvalue weighted by Crippen LogP contribution is -2.27. The van der Waals surface area contributed by atoms with Gasteiger partial charge in [0, 0.05) is 20.0 Å². The van der Waals surface area contributed by atoms with Gasteiger partial charge in [0.15, 0.2) is 0 Å². The van der Waals surface area contributed by atoms with Crippen molar-refractivity contribution in [1.82, 2.24) is 15.4 Å². The van der Waals surface area contributed by atoms with E-state index in [0.717, 1.165) is 32.2 Å². The van der Waals surface area contributed by atoms with E-state index in [1.807, 2.05) is 0 Å². The highest BCUT2D eigenvalue weighted by Gasteiger charge is 1.99. The van der Waals surface area contributed by atoms with Gasteiger partial charge in [-0.25, -0.2) is 13.1 Å². The van der Waals surface area contributed by atoms with Gasteiger partial charge in [-0.15, -0.1) is 0 Å². The van der Waals surface area contributed by atoms with Gasteiger partial charge >= 0.3 is 0 Å². The molecule has 0 aromatic heterocycles. The maximum Gasteiger partial charge on any atom is 0.219 e. The summed E-state index contributed by atoms with van der Waals surface area (Å²) < 4.78 is 23.8.